The largest absolute Gasteiger partial charge is 0.411 e. The lowest BCUT2D eigenvalue weighted by Crippen LogP contribution is -2.18. The summed E-state index contributed by atoms with van der Waals surface area (Å²) >= 11 is 12.5. The van der Waals surface area contributed by atoms with Crippen molar-refractivity contribution in [3.05, 3.63) is 56.0 Å². The van der Waals surface area contributed by atoms with Gasteiger partial charge in [0.2, 0.25) is 11.7 Å². The van der Waals surface area contributed by atoms with Gasteiger partial charge in [-0.15, -0.1) is 0 Å². The van der Waals surface area contributed by atoms with Crippen molar-refractivity contribution in [1.29, 1.82) is 0 Å². The van der Waals surface area contributed by atoms with E-state index in [1.54, 1.807) is 0 Å². The van der Waals surface area contributed by atoms with Gasteiger partial charge in [0.1, 0.15) is 22.9 Å². The Morgan fingerprint density at radius 1 is 1.03 bits per heavy atom. The molecular formula is C22H21Cl2F3N4O6S. The lowest BCUT2D eigenvalue weighted by atomic mass is 10.0. The van der Waals surface area contributed by atoms with Crippen molar-refractivity contribution in [2.75, 3.05) is 12.9 Å². The van der Waals surface area contributed by atoms with Gasteiger partial charge in [-0.2, -0.15) is 23.4 Å². The van der Waals surface area contributed by atoms with Gasteiger partial charge in [-0.05, 0) is 26.0 Å². The number of nitrogens with zero attached hydrogens (tertiary/aromatic N) is 4. The molecule has 0 unspecified atom stereocenters. The number of carbonyl (C=O) groups excluding carboxylic acids is 2. The Bertz CT molecular complexity index is 1550. The van der Waals surface area contributed by atoms with E-state index < -0.39 is 50.9 Å². The Balaban J connectivity index is 2.07. The second kappa shape index (κ2) is 10.7. The number of benzene rings is 1. The van der Waals surface area contributed by atoms with E-state index in [1.807, 2.05) is 0 Å². The monoisotopic (exact) mass is 596 g/mol. The highest BCUT2D eigenvalue weighted by Gasteiger charge is 2.32. The first-order chi connectivity index (χ1) is 17.4. The molecule has 0 saturated heterocycles. The molecule has 3 rings (SSSR count). The Hall–Kier alpha value is -2.94. The number of rotatable bonds is 8. The average molecular weight is 597 g/mol. The molecule has 0 saturated carbocycles. The summed E-state index contributed by atoms with van der Waals surface area (Å²) in [7, 11) is -1.02. The quantitative estimate of drug-likeness (QED) is 0.282. The predicted molar refractivity (Wildman–Crippen MR) is 130 cm³/mol. The lowest BCUT2D eigenvalue weighted by Gasteiger charge is -2.15. The molecule has 2 heterocycles. The molecule has 1 aromatic carbocycles. The fraction of sp³-hybridized carbons (Fsp3) is 0.364. The normalized spacial score (nSPS) is 12.2. The molecule has 38 heavy (non-hydrogen) atoms. The third kappa shape index (κ3) is 6.03. The van der Waals surface area contributed by atoms with E-state index in [1.165, 1.54) is 32.6 Å². The number of aryl methyl sites for hydroxylation is 4. The summed E-state index contributed by atoms with van der Waals surface area (Å²) in [6, 6.07) is 2.14. The Kier molecular flexibility index (Phi) is 8.32. The maximum Gasteiger partial charge on any atom is 0.411 e. The number of hydrogen-bond acceptors (Lipinski definition) is 8. The van der Waals surface area contributed by atoms with E-state index in [4.69, 9.17) is 27.9 Å². The lowest BCUT2D eigenvalue weighted by molar-refractivity contribution is -0.176. The molecule has 0 aliphatic heterocycles. The first kappa shape index (κ1) is 29.6. The third-order valence-corrected chi connectivity index (χ3v) is 7.35. The molecule has 0 radical (unpaired) electrons. The van der Waals surface area contributed by atoms with E-state index >= 15 is 0 Å². The van der Waals surface area contributed by atoms with Crippen LogP contribution >= 0.6 is 23.2 Å². The van der Waals surface area contributed by atoms with Gasteiger partial charge in [0, 0.05) is 31.5 Å². The number of aromatic nitrogens is 4. The van der Waals surface area contributed by atoms with Crippen molar-refractivity contribution in [3.63, 3.8) is 0 Å². The zero-order valence-electron chi connectivity index (χ0n) is 20.6. The molecule has 0 aliphatic carbocycles. The van der Waals surface area contributed by atoms with Crippen LogP contribution in [0.1, 0.15) is 43.2 Å². The van der Waals surface area contributed by atoms with Crippen LogP contribution in [0.25, 0.3) is 0 Å². The van der Waals surface area contributed by atoms with Crippen molar-refractivity contribution < 1.29 is 40.7 Å². The minimum atomic E-state index is -4.67. The molecule has 0 aliphatic rings. The second-order valence-corrected chi connectivity index (χ2v) is 11.0. The van der Waals surface area contributed by atoms with Crippen molar-refractivity contribution in [1.82, 2.24) is 19.6 Å². The fourth-order valence-corrected chi connectivity index (χ4v) is 5.22. The van der Waals surface area contributed by atoms with Gasteiger partial charge >= 0.3 is 12.1 Å². The van der Waals surface area contributed by atoms with Crippen LogP contribution in [-0.4, -0.2) is 58.8 Å². The number of esters is 1. The fourth-order valence-electron chi connectivity index (χ4n) is 3.68. The van der Waals surface area contributed by atoms with E-state index in [9.17, 15) is 31.2 Å². The predicted octanol–water partition coefficient (Wildman–Crippen LogP) is 4.01. The average Bonchev–Trinajstić information content (AvgIpc) is 3.19. The summed E-state index contributed by atoms with van der Waals surface area (Å²) < 4.78 is 74.7. The molecule has 0 amide bonds. The van der Waals surface area contributed by atoms with Crippen LogP contribution in [0.3, 0.4) is 0 Å². The van der Waals surface area contributed by atoms with Crippen LogP contribution in [0.5, 0.6) is 5.88 Å². The van der Waals surface area contributed by atoms with Crippen LogP contribution in [0.4, 0.5) is 13.2 Å². The zero-order chi connectivity index (χ0) is 28.7. The maximum atomic E-state index is 13.6. The smallest absolute Gasteiger partial charge is 0.403 e. The third-order valence-electron chi connectivity index (χ3n) is 5.30. The number of alkyl halides is 3. The highest BCUT2D eigenvalue weighted by atomic mass is 35.5. The van der Waals surface area contributed by atoms with Gasteiger partial charge in [0.25, 0.3) is 0 Å². The SMILES string of the molecule is Cc1nn(C)c(Cl)c1C(=O)Oc1c(C(=O)c2ccc(S(C)(=O)=O)c(COCC(F)(F)F)c2Cl)c(C)nn1C. The van der Waals surface area contributed by atoms with Gasteiger partial charge in [-0.1, -0.05) is 23.2 Å². The van der Waals surface area contributed by atoms with Crippen LogP contribution in [0, 0.1) is 13.8 Å². The molecule has 0 fully saturated rings. The number of ketones is 1. The maximum absolute atomic E-state index is 13.6. The van der Waals surface area contributed by atoms with Crippen molar-refractivity contribution in [2.24, 2.45) is 14.1 Å². The van der Waals surface area contributed by atoms with Crippen LogP contribution in [-0.2, 0) is 35.3 Å². The highest BCUT2D eigenvalue weighted by Crippen LogP contribution is 2.34. The van der Waals surface area contributed by atoms with Crippen molar-refractivity contribution in [2.45, 2.75) is 31.5 Å². The Morgan fingerprint density at radius 2 is 1.61 bits per heavy atom. The van der Waals surface area contributed by atoms with Crippen molar-refractivity contribution in [3.8, 4) is 5.88 Å². The van der Waals surface area contributed by atoms with Crippen LogP contribution in [0.15, 0.2) is 17.0 Å². The van der Waals surface area contributed by atoms with Gasteiger partial charge in [0.05, 0.1) is 27.9 Å². The first-order valence-corrected chi connectivity index (χ1v) is 13.2. The molecule has 2 aromatic heterocycles. The molecule has 0 N–H and O–H groups in total. The van der Waals surface area contributed by atoms with Crippen LogP contribution in [0.2, 0.25) is 10.2 Å². The Morgan fingerprint density at radius 3 is 2.13 bits per heavy atom. The van der Waals surface area contributed by atoms with E-state index in [2.05, 4.69) is 14.9 Å². The first-order valence-electron chi connectivity index (χ1n) is 10.6. The molecule has 3 aromatic rings. The standard InChI is InChI=1S/C22H21Cl2F3N4O6S/c1-10-15(20(31(4)29-10)37-21(33)16-11(2)28-30(3)19(16)24)18(32)12-6-7-14(38(5,34)35)13(17(12)23)8-36-9-22(25,26)27/h6-7H,8-9H2,1-5H3. The highest BCUT2D eigenvalue weighted by molar-refractivity contribution is 7.90. The van der Waals surface area contributed by atoms with E-state index in [-0.39, 0.29) is 44.7 Å². The van der Waals surface area contributed by atoms with E-state index in [0.717, 1.165) is 23.1 Å². The number of ether oxygens (including phenoxy) is 2. The Labute approximate surface area is 225 Å². The molecule has 10 nitrogen and oxygen atoms in total. The van der Waals surface area contributed by atoms with Gasteiger partial charge in [-0.3, -0.25) is 9.48 Å². The van der Waals surface area contributed by atoms with Crippen molar-refractivity contribution >= 4 is 44.8 Å². The summed E-state index contributed by atoms with van der Waals surface area (Å²) in [4.78, 5) is 26.1. The number of hydrogen-bond donors (Lipinski definition) is 0. The number of halogens is 5. The second-order valence-electron chi connectivity index (χ2n) is 8.27. The van der Waals surface area contributed by atoms with Crippen LogP contribution < -0.4 is 4.74 Å². The molecule has 0 spiro atoms. The van der Waals surface area contributed by atoms with Gasteiger partial charge in [-0.25, -0.2) is 17.9 Å². The van der Waals surface area contributed by atoms with Gasteiger partial charge in [0.15, 0.2) is 9.84 Å². The summed E-state index contributed by atoms with van der Waals surface area (Å²) in [6.45, 7) is 0.491. The minimum absolute atomic E-state index is 0.00201. The molecule has 16 heteroatoms. The minimum Gasteiger partial charge on any atom is -0.403 e. The van der Waals surface area contributed by atoms with Gasteiger partial charge < -0.3 is 9.47 Å². The number of sulfone groups is 1. The zero-order valence-corrected chi connectivity index (χ0v) is 22.9. The molecule has 206 valence electrons. The summed E-state index contributed by atoms with van der Waals surface area (Å²) in [6.07, 6.45) is -3.84. The van der Waals surface area contributed by atoms with E-state index in [0.29, 0.717) is 0 Å². The summed E-state index contributed by atoms with van der Waals surface area (Å²) in [5.74, 6) is -2.01. The summed E-state index contributed by atoms with van der Waals surface area (Å²) in [5, 5.41) is 7.72. The number of carbonyl (C=O) groups is 2. The summed E-state index contributed by atoms with van der Waals surface area (Å²) in [5.41, 5.74) is -0.416. The molecule has 0 bridgehead atoms. The molecular weight excluding hydrogens is 576 g/mol. The molecule has 0 atom stereocenters. The topological polar surface area (TPSA) is 122 Å².